The number of halogens is 4. The molecule has 1 aromatic carbocycles. The Morgan fingerprint density at radius 3 is 2.44 bits per heavy atom. The second-order valence-electron chi connectivity index (χ2n) is 4.80. The van der Waals surface area contributed by atoms with E-state index in [1.165, 1.54) is 6.07 Å². The van der Waals surface area contributed by atoms with Gasteiger partial charge in [-0.2, -0.15) is 13.2 Å². The van der Waals surface area contributed by atoms with E-state index in [0.717, 1.165) is 31.7 Å². The van der Waals surface area contributed by atoms with Gasteiger partial charge in [0.05, 0.1) is 5.56 Å². The van der Waals surface area contributed by atoms with Crippen LogP contribution in [0.5, 0.6) is 0 Å². The SMILES string of the molecule is CCC1(Nc2ccc(Br)cc2C(F)(F)F)CCC1. The third-order valence-corrected chi connectivity index (χ3v) is 4.17. The standard InChI is InChI=1S/C13H15BrF3N/c1-2-12(6-3-7-12)18-11-5-4-9(14)8-10(11)13(15,16)17/h4-5,8,18H,2-3,6-7H2,1H3. The fourth-order valence-corrected chi connectivity index (χ4v) is 2.68. The van der Waals surface area contributed by atoms with Crippen molar-refractivity contribution in [1.82, 2.24) is 0 Å². The number of alkyl halides is 3. The van der Waals surface area contributed by atoms with Crippen molar-refractivity contribution in [2.45, 2.75) is 44.3 Å². The topological polar surface area (TPSA) is 12.0 Å². The average molecular weight is 322 g/mol. The molecule has 2 rings (SSSR count). The minimum absolute atomic E-state index is 0.145. The Kier molecular flexibility index (Phi) is 3.63. The quantitative estimate of drug-likeness (QED) is 0.805. The van der Waals surface area contributed by atoms with Crippen molar-refractivity contribution >= 4 is 21.6 Å². The predicted octanol–water partition coefficient (Wildman–Crippen LogP) is 5.21. The van der Waals surface area contributed by atoms with E-state index in [1.54, 1.807) is 6.07 Å². The normalized spacial score (nSPS) is 18.3. The number of benzene rings is 1. The van der Waals surface area contributed by atoms with Gasteiger partial charge in [-0.05, 0) is 43.9 Å². The molecule has 1 fully saturated rings. The molecule has 1 aliphatic rings. The van der Waals surface area contributed by atoms with Crippen LogP contribution in [0.2, 0.25) is 0 Å². The van der Waals surface area contributed by atoms with Crippen LogP contribution in [0, 0.1) is 0 Å². The van der Waals surface area contributed by atoms with Gasteiger partial charge < -0.3 is 5.32 Å². The van der Waals surface area contributed by atoms with Crippen molar-refractivity contribution in [3.63, 3.8) is 0 Å². The minimum Gasteiger partial charge on any atom is -0.379 e. The average Bonchev–Trinajstić information content (AvgIpc) is 2.24. The number of hydrogen-bond donors (Lipinski definition) is 1. The van der Waals surface area contributed by atoms with Crippen molar-refractivity contribution in [2.75, 3.05) is 5.32 Å². The van der Waals surface area contributed by atoms with E-state index in [2.05, 4.69) is 21.2 Å². The molecule has 0 spiro atoms. The van der Waals surface area contributed by atoms with E-state index in [0.29, 0.717) is 4.47 Å². The molecule has 1 aromatic rings. The van der Waals surface area contributed by atoms with Crippen LogP contribution < -0.4 is 5.32 Å². The first kappa shape index (κ1) is 13.7. The summed E-state index contributed by atoms with van der Waals surface area (Å²) in [6.45, 7) is 2.01. The van der Waals surface area contributed by atoms with Gasteiger partial charge in [-0.1, -0.05) is 22.9 Å². The van der Waals surface area contributed by atoms with Crippen LogP contribution in [0.15, 0.2) is 22.7 Å². The lowest BCUT2D eigenvalue weighted by atomic mass is 9.74. The maximum atomic E-state index is 13.0. The fraction of sp³-hybridized carbons (Fsp3) is 0.538. The Bertz CT molecular complexity index is 433. The first-order valence-corrected chi connectivity index (χ1v) is 6.80. The van der Waals surface area contributed by atoms with Gasteiger partial charge in [0.1, 0.15) is 0 Å². The number of hydrogen-bond acceptors (Lipinski definition) is 1. The lowest BCUT2D eigenvalue weighted by Gasteiger charge is -2.43. The molecule has 5 heteroatoms. The predicted molar refractivity (Wildman–Crippen MR) is 69.6 cm³/mol. The molecule has 0 aromatic heterocycles. The first-order chi connectivity index (χ1) is 8.36. The molecule has 0 radical (unpaired) electrons. The molecule has 18 heavy (non-hydrogen) atoms. The third-order valence-electron chi connectivity index (χ3n) is 3.67. The summed E-state index contributed by atoms with van der Waals surface area (Å²) in [6.07, 6.45) is -0.516. The lowest BCUT2D eigenvalue weighted by molar-refractivity contribution is -0.137. The van der Waals surface area contributed by atoms with Crippen molar-refractivity contribution in [3.8, 4) is 0 Å². The van der Waals surface area contributed by atoms with Gasteiger partial charge >= 0.3 is 6.18 Å². The molecule has 1 nitrogen and oxygen atoms in total. The van der Waals surface area contributed by atoms with Crippen molar-refractivity contribution in [2.24, 2.45) is 0 Å². The molecule has 1 N–H and O–H groups in total. The van der Waals surface area contributed by atoms with Crippen LogP contribution in [0.1, 0.15) is 38.2 Å². The monoisotopic (exact) mass is 321 g/mol. The molecule has 100 valence electrons. The summed E-state index contributed by atoms with van der Waals surface area (Å²) in [5.41, 5.74) is -0.558. The van der Waals surface area contributed by atoms with E-state index in [-0.39, 0.29) is 11.2 Å². The largest absolute Gasteiger partial charge is 0.418 e. The van der Waals surface area contributed by atoms with Crippen molar-refractivity contribution in [3.05, 3.63) is 28.2 Å². The zero-order valence-corrected chi connectivity index (χ0v) is 11.7. The van der Waals surface area contributed by atoms with Crippen molar-refractivity contribution < 1.29 is 13.2 Å². The zero-order chi connectivity index (χ0) is 13.4. The minimum atomic E-state index is -4.33. The second-order valence-corrected chi connectivity index (χ2v) is 5.72. The second kappa shape index (κ2) is 4.76. The van der Waals surface area contributed by atoms with Gasteiger partial charge in [0, 0.05) is 15.7 Å². The highest BCUT2D eigenvalue weighted by atomic mass is 79.9. The Hall–Kier alpha value is -0.710. The molecule has 0 aliphatic heterocycles. The molecule has 1 saturated carbocycles. The number of anilines is 1. The maximum Gasteiger partial charge on any atom is 0.418 e. The third kappa shape index (κ3) is 2.66. The van der Waals surface area contributed by atoms with Gasteiger partial charge in [0.25, 0.3) is 0 Å². The van der Waals surface area contributed by atoms with Gasteiger partial charge in [0.15, 0.2) is 0 Å². The summed E-state index contributed by atoms with van der Waals surface area (Å²) in [5, 5.41) is 3.10. The summed E-state index contributed by atoms with van der Waals surface area (Å²) in [5.74, 6) is 0. The van der Waals surface area contributed by atoms with Gasteiger partial charge in [-0.25, -0.2) is 0 Å². The van der Waals surface area contributed by atoms with Gasteiger partial charge in [-0.3, -0.25) is 0 Å². The van der Waals surface area contributed by atoms with Crippen LogP contribution >= 0.6 is 15.9 Å². The van der Waals surface area contributed by atoms with Crippen LogP contribution in [-0.2, 0) is 6.18 Å². The van der Waals surface area contributed by atoms with E-state index in [9.17, 15) is 13.2 Å². The summed E-state index contributed by atoms with van der Waals surface area (Å²) in [6, 6.07) is 4.27. The molecular weight excluding hydrogens is 307 g/mol. The van der Waals surface area contributed by atoms with Crippen LogP contribution in [0.25, 0.3) is 0 Å². The Morgan fingerprint density at radius 2 is 2.00 bits per heavy atom. The molecule has 0 bridgehead atoms. The molecule has 0 unspecified atom stereocenters. The van der Waals surface area contributed by atoms with Crippen LogP contribution in [0.3, 0.4) is 0 Å². The number of rotatable bonds is 3. The molecule has 0 atom stereocenters. The van der Waals surface area contributed by atoms with E-state index < -0.39 is 11.7 Å². The van der Waals surface area contributed by atoms with Crippen molar-refractivity contribution in [1.29, 1.82) is 0 Å². The summed E-state index contributed by atoms with van der Waals surface area (Å²) in [4.78, 5) is 0. The summed E-state index contributed by atoms with van der Waals surface area (Å²) < 4.78 is 39.3. The zero-order valence-electron chi connectivity index (χ0n) is 10.1. The Balaban J connectivity index is 2.32. The van der Waals surface area contributed by atoms with E-state index in [1.807, 2.05) is 6.92 Å². The smallest absolute Gasteiger partial charge is 0.379 e. The lowest BCUT2D eigenvalue weighted by Crippen LogP contribution is -2.44. The molecule has 0 saturated heterocycles. The highest BCUT2D eigenvalue weighted by molar-refractivity contribution is 9.10. The fourth-order valence-electron chi connectivity index (χ4n) is 2.32. The molecule has 0 heterocycles. The molecule has 0 amide bonds. The summed E-state index contributed by atoms with van der Waals surface area (Å²) in [7, 11) is 0. The van der Waals surface area contributed by atoms with Crippen LogP contribution in [0.4, 0.5) is 18.9 Å². The number of nitrogens with one attached hydrogen (secondary N) is 1. The molecule has 1 aliphatic carbocycles. The van der Waals surface area contributed by atoms with Gasteiger partial charge in [0.2, 0.25) is 0 Å². The molecular formula is C13H15BrF3N. The highest BCUT2D eigenvalue weighted by Crippen LogP contribution is 2.42. The van der Waals surface area contributed by atoms with Gasteiger partial charge in [-0.15, -0.1) is 0 Å². The summed E-state index contributed by atoms with van der Waals surface area (Å²) >= 11 is 3.09. The Labute approximate surface area is 113 Å². The highest BCUT2D eigenvalue weighted by Gasteiger charge is 2.39. The first-order valence-electron chi connectivity index (χ1n) is 6.01. The van der Waals surface area contributed by atoms with Crippen LogP contribution in [-0.4, -0.2) is 5.54 Å². The van der Waals surface area contributed by atoms with E-state index in [4.69, 9.17) is 0 Å². The Morgan fingerprint density at radius 1 is 1.33 bits per heavy atom. The van der Waals surface area contributed by atoms with E-state index >= 15 is 0 Å². The maximum absolute atomic E-state index is 13.0.